The van der Waals surface area contributed by atoms with Crippen molar-refractivity contribution in [3.05, 3.63) is 87.6 Å². The molecular formula is C24H15F2NS2. The minimum atomic E-state index is -0.549. The number of rotatable bonds is 3. The monoisotopic (exact) mass is 419 g/mol. The molecule has 0 radical (unpaired) electrons. The lowest BCUT2D eigenvalue weighted by atomic mass is 10.0. The van der Waals surface area contributed by atoms with E-state index in [1.807, 2.05) is 6.07 Å². The van der Waals surface area contributed by atoms with Crippen molar-refractivity contribution >= 4 is 34.4 Å². The first kappa shape index (κ1) is 19.4. The van der Waals surface area contributed by atoms with Gasteiger partial charge < -0.3 is 0 Å². The summed E-state index contributed by atoms with van der Waals surface area (Å²) < 4.78 is 29.2. The van der Waals surface area contributed by atoms with Gasteiger partial charge in [0.15, 0.2) is 0 Å². The van der Waals surface area contributed by atoms with E-state index in [0.717, 1.165) is 23.8 Å². The molecule has 1 aromatic heterocycles. The normalized spacial score (nSPS) is 13.0. The summed E-state index contributed by atoms with van der Waals surface area (Å²) in [6, 6.07) is 13.0. The average Bonchev–Trinajstić information content (AvgIpc) is 3.41. The van der Waals surface area contributed by atoms with Gasteiger partial charge in [-0.1, -0.05) is 36.1 Å². The average molecular weight is 420 g/mol. The molecule has 0 saturated carbocycles. The van der Waals surface area contributed by atoms with Crippen LogP contribution in [-0.2, 0) is 0 Å². The van der Waals surface area contributed by atoms with Gasteiger partial charge in [-0.25, -0.2) is 8.78 Å². The molecule has 0 N–H and O–H groups in total. The summed E-state index contributed by atoms with van der Waals surface area (Å²) in [6.07, 6.45) is 6.47. The summed E-state index contributed by atoms with van der Waals surface area (Å²) in [5.41, 5.74) is 1.39. The van der Waals surface area contributed by atoms with Gasteiger partial charge in [0.05, 0.1) is 21.3 Å². The zero-order chi connectivity index (χ0) is 20.2. The number of hydrogen-bond donors (Lipinski definition) is 0. The smallest absolute Gasteiger partial charge is 0.139 e. The van der Waals surface area contributed by atoms with Crippen LogP contribution in [0, 0.1) is 23.5 Å². The molecule has 142 valence electrons. The summed E-state index contributed by atoms with van der Waals surface area (Å²) in [6.45, 7) is 0. The molecule has 1 heterocycles. The van der Waals surface area contributed by atoms with E-state index in [1.54, 1.807) is 35.6 Å². The van der Waals surface area contributed by atoms with Gasteiger partial charge in [0, 0.05) is 16.4 Å². The highest BCUT2D eigenvalue weighted by atomic mass is 32.1. The number of hydrogen-bond acceptors (Lipinski definition) is 3. The number of benzene rings is 2. The third kappa shape index (κ3) is 4.41. The first-order valence-corrected chi connectivity index (χ1v) is 10.3. The van der Waals surface area contributed by atoms with Crippen LogP contribution >= 0.6 is 23.6 Å². The van der Waals surface area contributed by atoms with E-state index >= 15 is 0 Å². The van der Waals surface area contributed by atoms with Crippen LogP contribution in [0.15, 0.2) is 65.7 Å². The molecule has 0 bridgehead atoms. The zero-order valence-corrected chi connectivity index (χ0v) is 16.9. The summed E-state index contributed by atoms with van der Waals surface area (Å²) in [4.78, 5) is 5.98. The number of nitrogens with zero attached hydrogens (tertiary/aromatic N) is 1. The molecule has 4 rings (SSSR count). The topological polar surface area (TPSA) is 12.4 Å². The second-order valence-electron chi connectivity index (χ2n) is 6.65. The fourth-order valence-corrected chi connectivity index (χ4v) is 4.34. The molecular weight excluding hydrogens is 404 g/mol. The molecule has 1 aliphatic rings. The van der Waals surface area contributed by atoms with Crippen LogP contribution in [0.25, 0.3) is 11.1 Å². The van der Waals surface area contributed by atoms with Gasteiger partial charge in [-0.15, -0.1) is 11.3 Å². The molecule has 0 saturated heterocycles. The van der Waals surface area contributed by atoms with Crippen molar-refractivity contribution in [1.29, 1.82) is 0 Å². The van der Waals surface area contributed by atoms with Crippen molar-refractivity contribution in [3.8, 4) is 23.0 Å². The molecule has 0 atom stereocenters. The van der Waals surface area contributed by atoms with Crippen LogP contribution in [0.5, 0.6) is 0 Å². The van der Waals surface area contributed by atoms with E-state index in [0.29, 0.717) is 17.2 Å². The number of aliphatic imine (C=N–C) groups is 1. The van der Waals surface area contributed by atoms with Gasteiger partial charge in [-0.05, 0) is 67.0 Å². The van der Waals surface area contributed by atoms with Gasteiger partial charge in [0.25, 0.3) is 0 Å². The van der Waals surface area contributed by atoms with Crippen molar-refractivity contribution in [2.24, 2.45) is 4.99 Å². The predicted molar refractivity (Wildman–Crippen MR) is 118 cm³/mol. The molecule has 1 nitrogen and oxygen atoms in total. The first-order valence-electron chi connectivity index (χ1n) is 9.08. The quantitative estimate of drug-likeness (QED) is 0.188. The maximum Gasteiger partial charge on any atom is 0.139 e. The Kier molecular flexibility index (Phi) is 5.78. The first-order chi connectivity index (χ1) is 14.1. The Morgan fingerprint density at radius 3 is 2.41 bits per heavy atom. The van der Waals surface area contributed by atoms with E-state index in [-0.39, 0.29) is 11.1 Å². The number of allylic oxidation sites excluding steroid dienone is 2. The molecule has 0 amide bonds. The summed E-state index contributed by atoms with van der Waals surface area (Å²) in [5.74, 6) is 5.19. The van der Waals surface area contributed by atoms with E-state index in [4.69, 9.17) is 0 Å². The maximum absolute atomic E-state index is 14.6. The number of isothiocyanates is 1. The maximum atomic E-state index is 14.6. The Hall–Kier alpha value is -2.90. The molecule has 2 aromatic carbocycles. The molecule has 29 heavy (non-hydrogen) atoms. The lowest BCUT2D eigenvalue weighted by Gasteiger charge is -2.06. The highest BCUT2D eigenvalue weighted by Crippen LogP contribution is 2.34. The highest BCUT2D eigenvalue weighted by molar-refractivity contribution is 7.78. The van der Waals surface area contributed by atoms with Crippen LogP contribution in [-0.4, -0.2) is 5.16 Å². The van der Waals surface area contributed by atoms with Crippen LogP contribution in [0.1, 0.15) is 34.1 Å². The summed E-state index contributed by atoms with van der Waals surface area (Å²) in [5, 5.41) is 2.27. The van der Waals surface area contributed by atoms with Crippen LogP contribution in [0.4, 0.5) is 14.5 Å². The lowest BCUT2D eigenvalue weighted by Crippen LogP contribution is -1.91. The third-order valence-corrected chi connectivity index (χ3v) is 6.02. The molecule has 5 heteroatoms. The summed E-state index contributed by atoms with van der Waals surface area (Å²) >= 11 is 6.17. The summed E-state index contributed by atoms with van der Waals surface area (Å²) in [7, 11) is 0. The standard InChI is InChI=1S/C24H15F2NS2/c25-22-14-21(16-5-8-19(9-6-16)27-15-28)23(26)13-18(22)7-10-20-11-12-24(29-20)17-3-1-2-4-17/h1-2,5-6,8-9,11-14,17H,3-4H2. The third-order valence-electron chi connectivity index (χ3n) is 4.77. The van der Waals surface area contributed by atoms with Crippen LogP contribution in [0.2, 0.25) is 0 Å². The lowest BCUT2D eigenvalue weighted by molar-refractivity contribution is 0.600. The van der Waals surface area contributed by atoms with Crippen LogP contribution < -0.4 is 0 Å². The van der Waals surface area contributed by atoms with Crippen molar-refractivity contribution in [1.82, 2.24) is 0 Å². The van der Waals surface area contributed by atoms with E-state index in [1.165, 1.54) is 10.9 Å². The Balaban J connectivity index is 1.58. The molecule has 0 unspecified atom stereocenters. The Labute approximate surface area is 177 Å². The molecule has 0 spiro atoms. The van der Waals surface area contributed by atoms with Crippen molar-refractivity contribution in [2.75, 3.05) is 0 Å². The van der Waals surface area contributed by atoms with E-state index < -0.39 is 11.6 Å². The largest absolute Gasteiger partial charge is 0.206 e. The number of halogens is 2. The minimum Gasteiger partial charge on any atom is -0.206 e. The minimum absolute atomic E-state index is 0.0469. The van der Waals surface area contributed by atoms with E-state index in [2.05, 4.69) is 52.4 Å². The van der Waals surface area contributed by atoms with Gasteiger partial charge >= 0.3 is 0 Å². The van der Waals surface area contributed by atoms with Gasteiger partial charge in [0.1, 0.15) is 11.6 Å². The van der Waals surface area contributed by atoms with Crippen LogP contribution in [0.3, 0.4) is 0 Å². The van der Waals surface area contributed by atoms with Crippen molar-refractivity contribution < 1.29 is 8.78 Å². The van der Waals surface area contributed by atoms with Gasteiger partial charge in [-0.3, -0.25) is 0 Å². The molecule has 0 aliphatic heterocycles. The van der Waals surface area contributed by atoms with Crippen molar-refractivity contribution in [3.63, 3.8) is 0 Å². The second-order valence-corrected chi connectivity index (χ2v) is 7.95. The molecule has 3 aromatic rings. The Morgan fingerprint density at radius 2 is 1.69 bits per heavy atom. The molecule has 1 aliphatic carbocycles. The second kappa shape index (κ2) is 8.63. The fraction of sp³-hybridized carbons (Fsp3) is 0.125. The van der Waals surface area contributed by atoms with Gasteiger partial charge in [-0.2, -0.15) is 4.99 Å². The highest BCUT2D eigenvalue weighted by Gasteiger charge is 2.15. The predicted octanol–water partition coefficient (Wildman–Crippen LogP) is 7.26. The molecule has 0 fully saturated rings. The van der Waals surface area contributed by atoms with Gasteiger partial charge in [0.2, 0.25) is 0 Å². The fourth-order valence-electron chi connectivity index (χ4n) is 3.25. The Bertz CT molecular complexity index is 1180. The van der Waals surface area contributed by atoms with Crippen molar-refractivity contribution in [2.45, 2.75) is 18.8 Å². The number of thiocarbonyl (C=S) groups is 1. The Morgan fingerprint density at radius 1 is 0.931 bits per heavy atom. The van der Waals surface area contributed by atoms with E-state index in [9.17, 15) is 8.78 Å². The number of thiophene rings is 1. The SMILES string of the molecule is Fc1cc(-c2ccc(N=C=S)cc2)c(F)cc1C#Cc1ccc(C2CC=CC2)s1. The zero-order valence-electron chi connectivity index (χ0n) is 15.3.